The van der Waals surface area contributed by atoms with Gasteiger partial charge in [-0.2, -0.15) is 0 Å². The van der Waals surface area contributed by atoms with Gasteiger partial charge in [0, 0.05) is 28.9 Å². The molecule has 0 radical (unpaired) electrons. The van der Waals surface area contributed by atoms with E-state index in [1.54, 1.807) is 30.3 Å². The van der Waals surface area contributed by atoms with E-state index in [0.29, 0.717) is 10.8 Å². The van der Waals surface area contributed by atoms with Crippen LogP contribution in [-0.2, 0) is 4.74 Å². The molecule has 3 amide bonds. The number of hydrogen-bond acceptors (Lipinski definition) is 9. The van der Waals surface area contributed by atoms with Gasteiger partial charge >= 0.3 is 12.1 Å². The zero-order valence-corrected chi connectivity index (χ0v) is 23.4. The minimum atomic E-state index is -0.931. The number of nitroso groups, excluding NO2 is 1. The van der Waals surface area contributed by atoms with Crippen molar-refractivity contribution in [3.8, 4) is 11.5 Å². The van der Waals surface area contributed by atoms with Gasteiger partial charge in [0.05, 0.1) is 29.5 Å². The lowest BCUT2D eigenvalue weighted by Crippen LogP contribution is -2.30. The zero-order valence-electron chi connectivity index (χ0n) is 23.4. The standard InChI is InChI=1S/C32H24N4O8/c1-36(32(41)44-28-20-10-4-3-7-17(20)13-14-22(28)29(33)38)25-12-6-11-21-26(25)24(35-42)16-23(27(21)37)30(39)34-19-9-5-8-18(15-19)31(40)43-2/h3-16,37H,1-2H3,(H2,33,38)(H,34,39). The molecule has 5 aromatic rings. The largest absolute Gasteiger partial charge is 0.506 e. The minimum Gasteiger partial charge on any atom is -0.506 e. The number of hydrogen-bond donors (Lipinski definition) is 3. The molecule has 5 rings (SSSR count). The molecular formula is C32H24N4O8. The topological polar surface area (TPSA) is 178 Å². The smallest absolute Gasteiger partial charge is 0.419 e. The predicted molar refractivity (Wildman–Crippen MR) is 164 cm³/mol. The van der Waals surface area contributed by atoms with Crippen molar-refractivity contribution < 1.29 is 33.8 Å². The lowest BCUT2D eigenvalue weighted by Gasteiger charge is -2.21. The second-order valence-corrected chi connectivity index (χ2v) is 9.56. The average Bonchev–Trinajstić information content (AvgIpc) is 3.04. The fourth-order valence-corrected chi connectivity index (χ4v) is 4.79. The third-order valence-corrected chi connectivity index (χ3v) is 6.94. The van der Waals surface area contributed by atoms with Crippen LogP contribution in [0.3, 0.4) is 0 Å². The molecule has 0 aliphatic carbocycles. The number of carbonyl (C=O) groups excluding carboxylic acids is 4. The Bertz CT molecular complexity index is 2010. The SMILES string of the molecule is COC(=O)c1cccc(NC(=O)c2cc(N=O)c3c(N(C)C(=O)Oc4c(C(N)=O)ccc5ccccc45)cccc3c2O)c1. The summed E-state index contributed by atoms with van der Waals surface area (Å²) in [6, 6.07) is 21.6. The Morgan fingerprint density at radius 2 is 1.61 bits per heavy atom. The van der Waals surface area contributed by atoms with E-state index in [-0.39, 0.29) is 50.3 Å². The summed E-state index contributed by atoms with van der Waals surface area (Å²) in [5, 5.41) is 18.1. The van der Waals surface area contributed by atoms with Gasteiger partial charge in [-0.15, -0.1) is 4.91 Å². The van der Waals surface area contributed by atoms with Crippen LogP contribution in [0, 0.1) is 4.91 Å². The summed E-state index contributed by atoms with van der Waals surface area (Å²) in [5.74, 6) is -2.72. The number of anilines is 2. The molecule has 4 N–H and O–H groups in total. The Kier molecular flexibility index (Phi) is 7.90. The second-order valence-electron chi connectivity index (χ2n) is 9.56. The summed E-state index contributed by atoms with van der Waals surface area (Å²) >= 11 is 0. The number of aromatic hydroxyl groups is 1. The molecule has 220 valence electrons. The van der Waals surface area contributed by atoms with Crippen LogP contribution >= 0.6 is 0 Å². The first-order chi connectivity index (χ1) is 21.1. The number of primary amides is 1. The molecule has 0 saturated heterocycles. The molecule has 0 bridgehead atoms. The van der Waals surface area contributed by atoms with E-state index in [4.69, 9.17) is 15.2 Å². The van der Waals surface area contributed by atoms with Crippen molar-refractivity contribution in [3.05, 3.63) is 107 Å². The van der Waals surface area contributed by atoms with Crippen LogP contribution in [0.1, 0.15) is 31.1 Å². The molecule has 5 aromatic carbocycles. The highest BCUT2D eigenvalue weighted by Crippen LogP contribution is 2.42. The van der Waals surface area contributed by atoms with Crippen LogP contribution in [0.2, 0.25) is 0 Å². The lowest BCUT2D eigenvalue weighted by molar-refractivity contribution is 0.0600. The minimum absolute atomic E-state index is 0.0101. The molecule has 0 fully saturated rings. The number of phenolic OH excluding ortho intramolecular Hbond substituents is 1. The van der Waals surface area contributed by atoms with Crippen molar-refractivity contribution in [1.82, 2.24) is 0 Å². The first kappa shape index (κ1) is 29.2. The summed E-state index contributed by atoms with van der Waals surface area (Å²) < 4.78 is 10.4. The van der Waals surface area contributed by atoms with Crippen molar-refractivity contribution in [2.24, 2.45) is 10.9 Å². The van der Waals surface area contributed by atoms with E-state index in [1.165, 1.54) is 62.7 Å². The van der Waals surface area contributed by atoms with E-state index in [2.05, 4.69) is 10.5 Å². The fourth-order valence-electron chi connectivity index (χ4n) is 4.79. The number of rotatable bonds is 7. The molecule has 0 aliphatic rings. The Hall–Kier alpha value is -6.30. The number of fused-ring (bicyclic) bond motifs is 2. The van der Waals surface area contributed by atoms with Gasteiger partial charge in [0.2, 0.25) is 0 Å². The maximum absolute atomic E-state index is 13.4. The quantitative estimate of drug-likeness (QED) is 0.155. The Morgan fingerprint density at radius 3 is 2.34 bits per heavy atom. The summed E-state index contributed by atoms with van der Waals surface area (Å²) in [6.07, 6.45) is -0.931. The zero-order chi connectivity index (χ0) is 31.5. The second kappa shape index (κ2) is 11.9. The van der Waals surface area contributed by atoms with Crippen molar-refractivity contribution in [2.75, 3.05) is 24.4 Å². The Balaban J connectivity index is 1.52. The van der Waals surface area contributed by atoms with Crippen LogP contribution in [-0.4, -0.2) is 43.1 Å². The highest BCUT2D eigenvalue weighted by molar-refractivity contribution is 6.16. The maximum Gasteiger partial charge on any atom is 0.419 e. The van der Waals surface area contributed by atoms with E-state index < -0.39 is 29.6 Å². The van der Waals surface area contributed by atoms with Gasteiger partial charge < -0.3 is 25.6 Å². The normalized spacial score (nSPS) is 10.7. The predicted octanol–water partition coefficient (Wildman–Crippen LogP) is 5.87. The number of esters is 1. The van der Waals surface area contributed by atoms with Gasteiger partial charge in [0.15, 0.2) is 5.75 Å². The fraction of sp³-hybridized carbons (Fsp3) is 0.0625. The average molecular weight is 593 g/mol. The van der Waals surface area contributed by atoms with Crippen molar-refractivity contribution in [3.63, 3.8) is 0 Å². The number of nitrogens with two attached hydrogens (primary N) is 1. The molecule has 12 nitrogen and oxygen atoms in total. The number of carbonyl (C=O) groups is 4. The molecule has 0 saturated carbocycles. The third-order valence-electron chi connectivity index (χ3n) is 6.94. The molecule has 0 heterocycles. The number of benzene rings is 5. The van der Waals surface area contributed by atoms with Gasteiger partial charge in [-0.1, -0.05) is 48.5 Å². The third kappa shape index (κ3) is 5.34. The summed E-state index contributed by atoms with van der Waals surface area (Å²) in [7, 11) is 2.59. The monoisotopic (exact) mass is 592 g/mol. The molecule has 44 heavy (non-hydrogen) atoms. The van der Waals surface area contributed by atoms with E-state index in [9.17, 15) is 29.2 Å². The van der Waals surface area contributed by atoms with E-state index >= 15 is 0 Å². The summed E-state index contributed by atoms with van der Waals surface area (Å²) in [5.41, 5.74) is 5.55. The van der Waals surface area contributed by atoms with Crippen molar-refractivity contribution in [1.29, 1.82) is 0 Å². The highest BCUT2D eigenvalue weighted by Gasteiger charge is 2.25. The van der Waals surface area contributed by atoms with E-state index in [1.807, 2.05) is 0 Å². The van der Waals surface area contributed by atoms with Gasteiger partial charge in [0.1, 0.15) is 11.4 Å². The summed E-state index contributed by atoms with van der Waals surface area (Å²) in [6.45, 7) is 0. The Labute approximate surface area is 249 Å². The van der Waals surface area contributed by atoms with Gasteiger partial charge in [0.25, 0.3) is 11.8 Å². The molecule has 0 spiro atoms. The van der Waals surface area contributed by atoms with E-state index in [0.717, 1.165) is 11.0 Å². The number of phenols is 1. The molecule has 12 heteroatoms. The first-order valence-electron chi connectivity index (χ1n) is 13.0. The van der Waals surface area contributed by atoms with Crippen LogP contribution in [0.15, 0.2) is 90.1 Å². The number of amides is 3. The lowest BCUT2D eigenvalue weighted by atomic mass is 10.0. The van der Waals surface area contributed by atoms with Gasteiger partial charge in [-0.05, 0) is 47.0 Å². The maximum atomic E-state index is 13.4. The number of nitrogens with zero attached hydrogens (tertiary/aromatic N) is 2. The van der Waals surface area contributed by atoms with Crippen LogP contribution in [0.25, 0.3) is 21.5 Å². The van der Waals surface area contributed by atoms with Crippen molar-refractivity contribution >= 4 is 62.5 Å². The van der Waals surface area contributed by atoms with Crippen molar-refractivity contribution in [2.45, 2.75) is 0 Å². The first-order valence-corrected chi connectivity index (χ1v) is 13.0. The molecule has 0 unspecified atom stereocenters. The Morgan fingerprint density at radius 1 is 0.886 bits per heavy atom. The number of methoxy groups -OCH3 is 1. The van der Waals surface area contributed by atoms with Crippen LogP contribution in [0.4, 0.5) is 21.9 Å². The summed E-state index contributed by atoms with van der Waals surface area (Å²) in [4.78, 5) is 63.7. The van der Waals surface area contributed by atoms with Gasteiger partial charge in [-0.25, -0.2) is 9.59 Å². The highest BCUT2D eigenvalue weighted by atomic mass is 16.6. The van der Waals surface area contributed by atoms with Crippen LogP contribution in [0.5, 0.6) is 11.5 Å². The molecule has 0 aromatic heterocycles. The molecule has 0 atom stereocenters. The molecule has 0 aliphatic heterocycles. The number of nitrogens with one attached hydrogen (secondary N) is 1. The molecular weight excluding hydrogens is 568 g/mol. The van der Waals surface area contributed by atoms with Gasteiger partial charge in [-0.3, -0.25) is 14.5 Å². The number of ether oxygens (including phenoxy) is 2. The van der Waals surface area contributed by atoms with Crippen LogP contribution < -0.4 is 20.7 Å².